The van der Waals surface area contributed by atoms with E-state index in [1.165, 1.54) is 33.4 Å². The molecule has 0 unspecified atom stereocenters. The number of aryl methyl sites for hydroxylation is 1. The highest BCUT2D eigenvalue weighted by atomic mass is 14.2. The summed E-state index contributed by atoms with van der Waals surface area (Å²) in [4.78, 5) is 0. The predicted molar refractivity (Wildman–Crippen MR) is 105 cm³/mol. The van der Waals surface area contributed by atoms with Crippen molar-refractivity contribution in [2.75, 3.05) is 0 Å². The van der Waals surface area contributed by atoms with Crippen molar-refractivity contribution >= 4 is 5.57 Å². The molecule has 122 valence electrons. The van der Waals surface area contributed by atoms with Crippen molar-refractivity contribution < 1.29 is 0 Å². The van der Waals surface area contributed by atoms with Gasteiger partial charge >= 0.3 is 0 Å². The smallest absolute Gasteiger partial charge is 0.00549 e. The Hall–Kier alpha value is -2.34. The fourth-order valence-corrected chi connectivity index (χ4v) is 3.74. The Morgan fingerprint density at radius 1 is 1.00 bits per heavy atom. The van der Waals surface area contributed by atoms with E-state index >= 15 is 0 Å². The average molecular weight is 314 g/mol. The van der Waals surface area contributed by atoms with Crippen LogP contribution in [-0.4, -0.2) is 0 Å². The van der Waals surface area contributed by atoms with Crippen LogP contribution in [0.25, 0.3) is 5.57 Å². The number of allylic oxidation sites excluding steroid dienone is 5. The summed E-state index contributed by atoms with van der Waals surface area (Å²) in [6.07, 6.45) is 8.59. The van der Waals surface area contributed by atoms with Gasteiger partial charge in [0.2, 0.25) is 0 Å². The summed E-state index contributed by atoms with van der Waals surface area (Å²) < 4.78 is 0. The predicted octanol–water partition coefficient (Wildman–Crippen LogP) is 6.46. The second-order valence-corrected chi connectivity index (χ2v) is 6.59. The molecule has 3 rings (SSSR count). The van der Waals surface area contributed by atoms with Crippen molar-refractivity contribution in [1.29, 1.82) is 0 Å². The number of hydrogen-bond acceptors (Lipinski definition) is 0. The molecule has 0 N–H and O–H groups in total. The lowest BCUT2D eigenvalue weighted by atomic mass is 9.87. The van der Waals surface area contributed by atoms with Crippen LogP contribution in [0, 0.1) is 6.92 Å². The molecule has 0 spiro atoms. The Kier molecular flexibility index (Phi) is 5.15. The standard InChI is InChI=1S/C24H26/c1-4-10-23(21-16-19-13-7-8-14-20(19)17-21)24(11-5-2)22-15-9-6-12-18(22)3/h5-9,11-15H,2,4,10,16-17H2,1,3H3/b24-11-. The summed E-state index contributed by atoms with van der Waals surface area (Å²) in [6, 6.07) is 17.5. The van der Waals surface area contributed by atoms with Crippen LogP contribution >= 0.6 is 0 Å². The van der Waals surface area contributed by atoms with Gasteiger partial charge < -0.3 is 0 Å². The molecule has 0 aliphatic heterocycles. The van der Waals surface area contributed by atoms with Crippen molar-refractivity contribution in [2.45, 2.75) is 39.5 Å². The lowest BCUT2D eigenvalue weighted by Crippen LogP contribution is -1.99. The summed E-state index contributed by atoms with van der Waals surface area (Å²) in [7, 11) is 0. The molecular weight excluding hydrogens is 288 g/mol. The fourth-order valence-electron chi connectivity index (χ4n) is 3.74. The molecular formula is C24H26. The van der Waals surface area contributed by atoms with Crippen LogP contribution in [0.4, 0.5) is 0 Å². The van der Waals surface area contributed by atoms with Gasteiger partial charge in [-0.1, -0.05) is 86.2 Å². The van der Waals surface area contributed by atoms with E-state index in [4.69, 9.17) is 0 Å². The maximum absolute atomic E-state index is 3.97. The first-order valence-electron chi connectivity index (χ1n) is 8.91. The first-order chi connectivity index (χ1) is 11.7. The second kappa shape index (κ2) is 7.49. The van der Waals surface area contributed by atoms with Crippen molar-refractivity contribution in [3.05, 3.63) is 101 Å². The van der Waals surface area contributed by atoms with Gasteiger partial charge in [-0.05, 0) is 59.6 Å². The monoisotopic (exact) mass is 314 g/mol. The van der Waals surface area contributed by atoms with Crippen LogP contribution < -0.4 is 0 Å². The van der Waals surface area contributed by atoms with Gasteiger partial charge in [-0.25, -0.2) is 0 Å². The van der Waals surface area contributed by atoms with E-state index in [-0.39, 0.29) is 0 Å². The van der Waals surface area contributed by atoms with E-state index in [9.17, 15) is 0 Å². The van der Waals surface area contributed by atoms with Gasteiger partial charge in [0.25, 0.3) is 0 Å². The highest BCUT2D eigenvalue weighted by Crippen LogP contribution is 2.37. The van der Waals surface area contributed by atoms with Crippen molar-refractivity contribution in [3.63, 3.8) is 0 Å². The molecule has 1 aliphatic carbocycles. The first kappa shape index (κ1) is 16.5. The maximum atomic E-state index is 3.97. The quantitative estimate of drug-likeness (QED) is 0.555. The average Bonchev–Trinajstić information content (AvgIpc) is 3.02. The molecule has 0 fully saturated rings. The first-order valence-corrected chi connectivity index (χ1v) is 8.91. The van der Waals surface area contributed by atoms with Gasteiger partial charge in [-0.15, -0.1) is 0 Å². The van der Waals surface area contributed by atoms with E-state index in [2.05, 4.69) is 75.0 Å². The molecule has 0 saturated carbocycles. The van der Waals surface area contributed by atoms with Gasteiger partial charge in [0.15, 0.2) is 0 Å². The zero-order valence-electron chi connectivity index (χ0n) is 14.8. The van der Waals surface area contributed by atoms with Crippen molar-refractivity contribution in [3.8, 4) is 0 Å². The van der Waals surface area contributed by atoms with Crippen LogP contribution in [0.5, 0.6) is 0 Å². The van der Waals surface area contributed by atoms with E-state index in [1.54, 1.807) is 5.57 Å². The van der Waals surface area contributed by atoms with Crippen molar-refractivity contribution in [1.82, 2.24) is 0 Å². The Morgan fingerprint density at radius 2 is 1.62 bits per heavy atom. The molecule has 0 heterocycles. The van der Waals surface area contributed by atoms with Crippen molar-refractivity contribution in [2.24, 2.45) is 0 Å². The van der Waals surface area contributed by atoms with E-state index in [0.717, 1.165) is 25.7 Å². The number of hydrogen-bond donors (Lipinski definition) is 0. The lowest BCUT2D eigenvalue weighted by Gasteiger charge is -2.17. The third-order valence-electron chi connectivity index (χ3n) is 4.90. The molecule has 0 radical (unpaired) electrons. The molecule has 24 heavy (non-hydrogen) atoms. The molecule has 0 atom stereocenters. The minimum atomic E-state index is 1.09. The zero-order chi connectivity index (χ0) is 16.9. The normalized spacial score (nSPS) is 13.8. The third-order valence-corrected chi connectivity index (χ3v) is 4.90. The minimum Gasteiger partial charge on any atom is -0.0990 e. The minimum absolute atomic E-state index is 1.09. The third kappa shape index (κ3) is 3.28. The molecule has 0 nitrogen and oxygen atoms in total. The summed E-state index contributed by atoms with van der Waals surface area (Å²) in [6.45, 7) is 8.43. The fraction of sp³-hybridized carbons (Fsp3) is 0.250. The highest BCUT2D eigenvalue weighted by Gasteiger charge is 2.20. The number of rotatable bonds is 5. The largest absolute Gasteiger partial charge is 0.0990 e. The van der Waals surface area contributed by atoms with Crippen LogP contribution in [-0.2, 0) is 12.8 Å². The van der Waals surface area contributed by atoms with E-state index < -0.39 is 0 Å². The van der Waals surface area contributed by atoms with Crippen LogP contribution in [0.3, 0.4) is 0 Å². The number of benzene rings is 2. The maximum Gasteiger partial charge on any atom is -0.00549 e. The molecule has 2 aromatic rings. The van der Waals surface area contributed by atoms with Gasteiger partial charge in [0.05, 0.1) is 0 Å². The van der Waals surface area contributed by atoms with Crippen LogP contribution in [0.2, 0.25) is 0 Å². The van der Waals surface area contributed by atoms with Crippen LogP contribution in [0.15, 0.2) is 78.4 Å². The molecule has 0 amide bonds. The molecule has 0 saturated heterocycles. The lowest BCUT2D eigenvalue weighted by molar-refractivity contribution is 0.904. The van der Waals surface area contributed by atoms with Gasteiger partial charge in [-0.2, -0.15) is 0 Å². The van der Waals surface area contributed by atoms with Gasteiger partial charge in [0, 0.05) is 0 Å². The van der Waals surface area contributed by atoms with E-state index in [1.807, 2.05) is 6.08 Å². The number of fused-ring (bicyclic) bond motifs is 1. The highest BCUT2D eigenvalue weighted by molar-refractivity contribution is 5.83. The van der Waals surface area contributed by atoms with E-state index in [0.29, 0.717) is 0 Å². The molecule has 2 aromatic carbocycles. The molecule has 0 bridgehead atoms. The summed E-state index contributed by atoms with van der Waals surface area (Å²) >= 11 is 0. The Bertz CT molecular complexity index is 775. The van der Waals surface area contributed by atoms with Gasteiger partial charge in [-0.3, -0.25) is 0 Å². The molecule has 0 aromatic heterocycles. The zero-order valence-corrected chi connectivity index (χ0v) is 14.8. The summed E-state index contributed by atoms with van der Waals surface area (Å²) in [5.74, 6) is 0. The Labute approximate surface area is 146 Å². The molecule has 1 aliphatic rings. The summed E-state index contributed by atoms with van der Waals surface area (Å²) in [5.41, 5.74) is 10.1. The Balaban J connectivity index is 2.10. The Morgan fingerprint density at radius 3 is 2.21 bits per heavy atom. The SMILES string of the molecule is C=C/C=C(\C(CCC)=C1Cc2ccccc2C1)c1ccccc1C. The van der Waals surface area contributed by atoms with Crippen LogP contribution in [0.1, 0.15) is 42.0 Å². The topological polar surface area (TPSA) is 0 Å². The molecule has 0 heteroatoms. The van der Waals surface area contributed by atoms with Gasteiger partial charge in [0.1, 0.15) is 0 Å². The summed E-state index contributed by atoms with van der Waals surface area (Å²) in [5, 5.41) is 0. The second-order valence-electron chi connectivity index (χ2n) is 6.59.